The van der Waals surface area contributed by atoms with Crippen molar-refractivity contribution in [3.63, 3.8) is 0 Å². The minimum atomic E-state index is -0.806. The first kappa shape index (κ1) is 31.6. The van der Waals surface area contributed by atoms with Crippen molar-refractivity contribution in [2.75, 3.05) is 44.8 Å². The monoisotopic (exact) mass is 664 g/mol. The van der Waals surface area contributed by atoms with Crippen LogP contribution < -0.4 is 10.1 Å². The molecule has 1 saturated heterocycles. The summed E-state index contributed by atoms with van der Waals surface area (Å²) in [6.07, 6.45) is 3.81. The van der Waals surface area contributed by atoms with E-state index < -0.39 is 23.3 Å². The maximum atomic E-state index is 16.7. The van der Waals surface area contributed by atoms with Gasteiger partial charge in [0.25, 0.3) is 0 Å². The highest BCUT2D eigenvalue weighted by atomic mass is 32.1. The number of carbonyl (C=O) groups is 1. The highest BCUT2D eigenvalue weighted by Gasteiger charge is 2.39. The molecule has 246 valence electrons. The van der Waals surface area contributed by atoms with Gasteiger partial charge in [0.1, 0.15) is 22.2 Å². The number of ether oxygens (including phenoxy) is 4. The van der Waals surface area contributed by atoms with Gasteiger partial charge in [-0.05, 0) is 56.6 Å². The average Bonchev–Trinajstić information content (AvgIpc) is 3.52. The van der Waals surface area contributed by atoms with Gasteiger partial charge in [0.15, 0.2) is 11.6 Å². The van der Waals surface area contributed by atoms with Crippen LogP contribution in [0.4, 0.5) is 18.6 Å². The summed E-state index contributed by atoms with van der Waals surface area (Å²) in [7, 11) is 0. The van der Waals surface area contributed by atoms with E-state index in [2.05, 4.69) is 25.2 Å². The van der Waals surface area contributed by atoms with Crippen LogP contribution in [0.1, 0.15) is 50.3 Å². The molecule has 1 saturated carbocycles. The van der Waals surface area contributed by atoms with E-state index in [1.807, 2.05) is 6.07 Å². The van der Waals surface area contributed by atoms with Gasteiger partial charge in [-0.3, -0.25) is 10.3 Å². The molecule has 1 N–H and O–H groups in total. The number of pyridine rings is 1. The lowest BCUT2D eigenvalue weighted by Crippen LogP contribution is -2.29. The molecule has 3 aliphatic rings. The fourth-order valence-electron chi connectivity index (χ4n) is 6.30. The average molecular weight is 665 g/mol. The topological polar surface area (TPSA) is 132 Å². The third-order valence-electron chi connectivity index (χ3n) is 8.61. The molecule has 2 aliphatic heterocycles. The third-order valence-corrected chi connectivity index (χ3v) is 9.73. The van der Waals surface area contributed by atoms with E-state index in [-0.39, 0.29) is 56.6 Å². The number of nitrogens with zero attached hydrogens (tertiary/aromatic N) is 5. The normalized spacial score (nSPS) is 19.7. The van der Waals surface area contributed by atoms with E-state index in [0.29, 0.717) is 35.0 Å². The van der Waals surface area contributed by atoms with Crippen molar-refractivity contribution in [3.05, 3.63) is 40.7 Å². The van der Waals surface area contributed by atoms with Crippen LogP contribution >= 0.6 is 11.3 Å². The zero-order chi connectivity index (χ0) is 32.9. The number of aromatic nitrogens is 3. The molecule has 3 aromatic heterocycles. The minimum Gasteiger partial charge on any atom is -0.463 e. The molecule has 5 heterocycles. The fourth-order valence-corrected chi connectivity index (χ4v) is 7.33. The van der Waals surface area contributed by atoms with E-state index in [0.717, 1.165) is 63.2 Å². The molecule has 1 aliphatic carbocycles. The Morgan fingerprint density at radius 3 is 2.79 bits per heavy atom. The first-order valence-corrected chi connectivity index (χ1v) is 16.4. The second-order valence-corrected chi connectivity index (χ2v) is 14.1. The van der Waals surface area contributed by atoms with Crippen molar-refractivity contribution in [1.82, 2.24) is 19.9 Å². The second-order valence-electron chi connectivity index (χ2n) is 13.1. The van der Waals surface area contributed by atoms with Gasteiger partial charge in [0, 0.05) is 48.8 Å². The summed E-state index contributed by atoms with van der Waals surface area (Å²) in [6, 6.07) is 2.11. The molecular weight excluding hydrogens is 630 g/mol. The molecule has 7 rings (SSSR count). The van der Waals surface area contributed by atoms with Gasteiger partial charge in [-0.15, -0.1) is 11.3 Å². The van der Waals surface area contributed by atoms with Crippen LogP contribution in [0.15, 0.2) is 12.4 Å². The van der Waals surface area contributed by atoms with Crippen molar-refractivity contribution >= 4 is 43.4 Å². The largest absolute Gasteiger partial charge is 0.463 e. The minimum absolute atomic E-state index is 0.0197. The standard InChI is InChI=1S/C33H34F2N6O5S/c1-33(2,3)46-32(42)40-30-19(10-36)25-28(37-12-23(34)29(25)47-30)24-22-16-44-15-21(22)20-11-38-31(39-27(20)26(24)35)45-14-18-9-17(18)13-41-5-4-7-43-8-6-41/h11-12,17-18H,4-9,13-16H2,1-3H3,(H,40,42). The Kier molecular flexibility index (Phi) is 8.42. The summed E-state index contributed by atoms with van der Waals surface area (Å²) in [6.45, 7) is 10.3. The van der Waals surface area contributed by atoms with Gasteiger partial charge in [-0.2, -0.15) is 10.2 Å². The van der Waals surface area contributed by atoms with Crippen molar-refractivity contribution in [1.29, 1.82) is 5.26 Å². The fraction of sp³-hybridized carbons (Fsp3) is 0.485. The Balaban J connectivity index is 1.22. The number of thiophene rings is 1. The molecule has 2 fully saturated rings. The van der Waals surface area contributed by atoms with Crippen LogP contribution in [-0.2, 0) is 27.4 Å². The van der Waals surface area contributed by atoms with Crippen molar-refractivity contribution in [2.24, 2.45) is 11.8 Å². The molecule has 0 bridgehead atoms. The van der Waals surface area contributed by atoms with Gasteiger partial charge in [-0.25, -0.2) is 18.6 Å². The number of anilines is 1. The van der Waals surface area contributed by atoms with Crippen molar-refractivity contribution < 1.29 is 32.5 Å². The van der Waals surface area contributed by atoms with Crippen LogP contribution in [0.25, 0.3) is 32.2 Å². The Morgan fingerprint density at radius 2 is 1.98 bits per heavy atom. The summed E-state index contributed by atoms with van der Waals surface area (Å²) >= 11 is 0.853. The third kappa shape index (κ3) is 6.32. The molecule has 1 aromatic carbocycles. The Morgan fingerprint density at radius 1 is 1.15 bits per heavy atom. The molecule has 0 spiro atoms. The van der Waals surface area contributed by atoms with E-state index >= 15 is 8.78 Å². The quantitative estimate of drug-likeness (QED) is 0.245. The van der Waals surface area contributed by atoms with Gasteiger partial charge in [-0.1, -0.05) is 0 Å². The number of carbonyl (C=O) groups excluding carboxylic acids is 1. The molecule has 2 unspecified atom stereocenters. The number of hydrogen-bond acceptors (Lipinski definition) is 11. The molecule has 11 nitrogen and oxygen atoms in total. The zero-order valence-electron chi connectivity index (χ0n) is 26.3. The van der Waals surface area contributed by atoms with Gasteiger partial charge in [0.05, 0.1) is 48.6 Å². The van der Waals surface area contributed by atoms with Gasteiger partial charge < -0.3 is 23.8 Å². The van der Waals surface area contributed by atoms with Crippen molar-refractivity contribution in [3.8, 4) is 23.3 Å². The number of hydrogen-bond donors (Lipinski definition) is 1. The lowest BCUT2D eigenvalue weighted by Gasteiger charge is -2.19. The molecule has 47 heavy (non-hydrogen) atoms. The summed E-state index contributed by atoms with van der Waals surface area (Å²) < 4.78 is 54.5. The number of nitriles is 1. The van der Waals surface area contributed by atoms with Crippen LogP contribution in [0.5, 0.6) is 6.01 Å². The maximum Gasteiger partial charge on any atom is 0.412 e. The summed E-state index contributed by atoms with van der Waals surface area (Å²) in [5.74, 6) is -0.520. The highest BCUT2D eigenvalue weighted by molar-refractivity contribution is 7.23. The first-order valence-electron chi connectivity index (χ1n) is 15.6. The summed E-state index contributed by atoms with van der Waals surface area (Å²) in [5.41, 5.74) is 0.480. The second kappa shape index (κ2) is 12.5. The van der Waals surface area contributed by atoms with E-state index in [1.54, 1.807) is 27.0 Å². The number of fused-ring (bicyclic) bond motifs is 4. The molecule has 4 aromatic rings. The molecule has 14 heteroatoms. The summed E-state index contributed by atoms with van der Waals surface area (Å²) in [5, 5.41) is 13.3. The van der Waals surface area contributed by atoms with Crippen molar-refractivity contribution in [2.45, 2.75) is 52.4 Å². The van der Waals surface area contributed by atoms with Gasteiger partial charge in [0.2, 0.25) is 0 Å². The summed E-state index contributed by atoms with van der Waals surface area (Å²) in [4.78, 5) is 28.2. The van der Waals surface area contributed by atoms with Crippen LogP contribution in [0.3, 0.4) is 0 Å². The Bertz CT molecular complexity index is 1910. The number of amides is 1. The predicted octanol–water partition coefficient (Wildman–Crippen LogP) is 6.17. The highest BCUT2D eigenvalue weighted by Crippen LogP contribution is 2.46. The van der Waals surface area contributed by atoms with Crippen LogP contribution in [0, 0.1) is 34.8 Å². The number of halogens is 2. The van der Waals surface area contributed by atoms with E-state index in [4.69, 9.17) is 18.9 Å². The SMILES string of the molecule is CC(C)(C)OC(=O)Nc1sc2c(F)cnc(-c3c4c(c5cnc(OCC6CC6CN6CCCOCC6)nc5c3F)COC4)c2c1C#N. The molecule has 0 radical (unpaired) electrons. The van der Waals surface area contributed by atoms with E-state index in [9.17, 15) is 10.1 Å². The van der Waals surface area contributed by atoms with E-state index in [1.165, 1.54) is 0 Å². The molecule has 2 atom stereocenters. The number of nitrogens with one attached hydrogen (secondary N) is 1. The number of rotatable bonds is 7. The van der Waals surface area contributed by atoms with Crippen LogP contribution in [-0.4, -0.2) is 71.0 Å². The Labute approximate surface area is 273 Å². The van der Waals surface area contributed by atoms with Gasteiger partial charge >= 0.3 is 12.1 Å². The molecular formula is C33H34F2N6O5S. The first-order chi connectivity index (χ1) is 22.6. The maximum absolute atomic E-state index is 16.7. The predicted molar refractivity (Wildman–Crippen MR) is 170 cm³/mol. The van der Waals surface area contributed by atoms with Crippen LogP contribution in [0.2, 0.25) is 0 Å². The molecule has 1 amide bonds. The lowest BCUT2D eigenvalue weighted by atomic mass is 9.94. The smallest absolute Gasteiger partial charge is 0.412 e. The zero-order valence-corrected chi connectivity index (χ0v) is 27.1. The Hall–Kier alpha value is -4.03. The lowest BCUT2D eigenvalue weighted by molar-refractivity contribution is 0.0636. The number of benzene rings is 1.